The van der Waals surface area contributed by atoms with E-state index in [1.807, 2.05) is 0 Å². The summed E-state index contributed by atoms with van der Waals surface area (Å²) in [6.45, 7) is 0.589. The fraction of sp³-hybridized carbons (Fsp3) is 0.400. The lowest BCUT2D eigenvalue weighted by Crippen LogP contribution is -2.28. The normalized spacial score (nSPS) is 10.6. The van der Waals surface area contributed by atoms with Crippen LogP contribution in [0.25, 0.3) is 10.9 Å². The summed E-state index contributed by atoms with van der Waals surface area (Å²) in [5.74, 6) is -1.32. The SMILES string of the molecule is O=C([O-])CCCNC(=O)CCCn1nnc2ccccc2c1=O. The van der Waals surface area contributed by atoms with Gasteiger partial charge in [0.1, 0.15) is 5.52 Å². The first-order valence-electron chi connectivity index (χ1n) is 7.37. The third-order valence-corrected chi connectivity index (χ3v) is 3.28. The molecule has 1 amide bonds. The topological polar surface area (TPSA) is 117 Å². The molecule has 2 rings (SSSR count). The third-order valence-electron chi connectivity index (χ3n) is 3.28. The van der Waals surface area contributed by atoms with Crippen molar-refractivity contribution >= 4 is 22.8 Å². The van der Waals surface area contributed by atoms with E-state index in [-0.39, 0.29) is 24.3 Å². The van der Waals surface area contributed by atoms with E-state index >= 15 is 0 Å². The highest BCUT2D eigenvalue weighted by molar-refractivity contribution is 5.76. The molecular weight excluding hydrogens is 300 g/mol. The number of carboxylic acid groups (broad SMARTS) is 1. The highest BCUT2D eigenvalue weighted by atomic mass is 16.4. The largest absolute Gasteiger partial charge is 0.550 e. The molecule has 122 valence electrons. The van der Waals surface area contributed by atoms with Crippen LogP contribution in [-0.4, -0.2) is 33.4 Å². The second-order valence-electron chi connectivity index (χ2n) is 5.06. The Morgan fingerprint density at radius 1 is 1.17 bits per heavy atom. The van der Waals surface area contributed by atoms with Gasteiger partial charge >= 0.3 is 0 Å². The van der Waals surface area contributed by atoms with E-state index in [0.717, 1.165) is 0 Å². The van der Waals surface area contributed by atoms with Crippen molar-refractivity contribution in [2.75, 3.05) is 6.54 Å². The maximum absolute atomic E-state index is 12.2. The average Bonchev–Trinajstić information content (AvgIpc) is 2.54. The minimum absolute atomic E-state index is 0.0810. The molecule has 0 aliphatic heterocycles. The van der Waals surface area contributed by atoms with E-state index < -0.39 is 5.97 Å². The molecule has 0 unspecified atom stereocenters. The van der Waals surface area contributed by atoms with Crippen LogP contribution in [0, 0.1) is 0 Å². The Kier molecular flexibility index (Phi) is 5.79. The summed E-state index contributed by atoms with van der Waals surface area (Å²) >= 11 is 0. The zero-order chi connectivity index (χ0) is 16.7. The van der Waals surface area contributed by atoms with E-state index in [1.165, 1.54) is 4.68 Å². The van der Waals surface area contributed by atoms with Crippen LogP contribution in [0.2, 0.25) is 0 Å². The highest BCUT2D eigenvalue weighted by Gasteiger charge is 2.06. The Bertz CT molecular complexity index is 756. The molecule has 0 radical (unpaired) electrons. The summed E-state index contributed by atoms with van der Waals surface area (Å²) in [5, 5.41) is 21.2. The van der Waals surface area contributed by atoms with E-state index in [2.05, 4.69) is 15.6 Å². The zero-order valence-corrected chi connectivity index (χ0v) is 12.5. The van der Waals surface area contributed by atoms with Gasteiger partial charge in [-0.1, -0.05) is 17.3 Å². The molecule has 8 nitrogen and oxygen atoms in total. The van der Waals surface area contributed by atoms with Crippen LogP contribution in [0.15, 0.2) is 29.1 Å². The Balaban J connectivity index is 1.80. The lowest BCUT2D eigenvalue weighted by atomic mass is 10.2. The van der Waals surface area contributed by atoms with Crippen molar-refractivity contribution in [3.63, 3.8) is 0 Å². The molecule has 0 spiro atoms. The van der Waals surface area contributed by atoms with Crippen molar-refractivity contribution in [1.29, 1.82) is 0 Å². The van der Waals surface area contributed by atoms with Crippen LogP contribution < -0.4 is 16.0 Å². The molecule has 0 aliphatic rings. The van der Waals surface area contributed by atoms with Crippen molar-refractivity contribution in [3.05, 3.63) is 34.6 Å². The smallest absolute Gasteiger partial charge is 0.277 e. The summed E-state index contributed by atoms with van der Waals surface area (Å²) in [7, 11) is 0. The molecule has 2 aromatic rings. The maximum Gasteiger partial charge on any atom is 0.277 e. The Morgan fingerprint density at radius 3 is 2.74 bits per heavy atom. The molecule has 0 fully saturated rings. The number of aryl methyl sites for hydroxylation is 1. The molecule has 1 aromatic carbocycles. The van der Waals surface area contributed by atoms with E-state index in [0.29, 0.717) is 36.8 Å². The number of fused-ring (bicyclic) bond motifs is 1. The van der Waals surface area contributed by atoms with Crippen LogP contribution in [0.4, 0.5) is 0 Å². The quantitative estimate of drug-likeness (QED) is 0.638. The predicted octanol–water partition coefficient (Wildman–Crippen LogP) is -0.782. The molecule has 8 heteroatoms. The summed E-state index contributed by atoms with van der Waals surface area (Å²) in [4.78, 5) is 34.0. The van der Waals surface area contributed by atoms with Crippen molar-refractivity contribution in [3.8, 4) is 0 Å². The molecule has 0 bridgehead atoms. The first-order chi connectivity index (χ1) is 11.1. The number of aromatic nitrogens is 3. The van der Waals surface area contributed by atoms with E-state index in [4.69, 9.17) is 0 Å². The van der Waals surface area contributed by atoms with Gasteiger partial charge in [-0.05, 0) is 31.4 Å². The van der Waals surface area contributed by atoms with Gasteiger partial charge in [0.25, 0.3) is 5.56 Å². The number of carbonyl (C=O) groups is 2. The van der Waals surface area contributed by atoms with Crippen LogP contribution in [0.1, 0.15) is 25.7 Å². The molecule has 0 saturated heterocycles. The number of nitrogens with zero attached hydrogens (tertiary/aromatic N) is 3. The van der Waals surface area contributed by atoms with E-state index in [1.54, 1.807) is 24.3 Å². The molecule has 0 atom stereocenters. The van der Waals surface area contributed by atoms with Crippen LogP contribution >= 0.6 is 0 Å². The number of benzene rings is 1. The Morgan fingerprint density at radius 2 is 1.96 bits per heavy atom. The predicted molar refractivity (Wildman–Crippen MR) is 80.3 cm³/mol. The fourth-order valence-electron chi connectivity index (χ4n) is 2.11. The minimum Gasteiger partial charge on any atom is -0.550 e. The van der Waals surface area contributed by atoms with Gasteiger partial charge in [0.2, 0.25) is 5.91 Å². The first-order valence-corrected chi connectivity index (χ1v) is 7.37. The lowest BCUT2D eigenvalue weighted by Gasteiger charge is -2.06. The van der Waals surface area contributed by atoms with Crippen LogP contribution in [0.5, 0.6) is 0 Å². The molecule has 23 heavy (non-hydrogen) atoms. The van der Waals surface area contributed by atoms with Gasteiger partial charge in [-0.2, -0.15) is 0 Å². The standard InChI is InChI=1S/C15H18N4O4/c20-13(16-9-3-8-14(21)22)7-4-10-19-15(23)11-5-1-2-6-12(11)17-18-19/h1-2,5-6H,3-4,7-10H2,(H,16,20)(H,21,22)/p-1. The average molecular weight is 317 g/mol. The number of hydrogen-bond donors (Lipinski definition) is 1. The van der Waals surface area contributed by atoms with Gasteiger partial charge in [0.15, 0.2) is 0 Å². The molecule has 1 aromatic heterocycles. The fourth-order valence-corrected chi connectivity index (χ4v) is 2.11. The summed E-state index contributed by atoms with van der Waals surface area (Å²) < 4.78 is 1.24. The Labute approximate surface area is 132 Å². The van der Waals surface area contributed by atoms with Crippen LogP contribution in [-0.2, 0) is 16.1 Å². The number of carbonyl (C=O) groups excluding carboxylic acids is 2. The zero-order valence-electron chi connectivity index (χ0n) is 12.5. The van der Waals surface area contributed by atoms with E-state index in [9.17, 15) is 19.5 Å². The monoisotopic (exact) mass is 317 g/mol. The summed E-state index contributed by atoms with van der Waals surface area (Å²) in [6, 6.07) is 6.95. The first kappa shape index (κ1) is 16.6. The number of rotatable bonds is 8. The second-order valence-corrected chi connectivity index (χ2v) is 5.06. The second kappa shape index (κ2) is 8.02. The number of nitrogens with one attached hydrogen (secondary N) is 1. The van der Waals surface area contributed by atoms with Gasteiger partial charge in [-0.3, -0.25) is 9.59 Å². The van der Waals surface area contributed by atoms with Crippen LogP contribution in [0.3, 0.4) is 0 Å². The molecule has 1 N–H and O–H groups in total. The van der Waals surface area contributed by atoms with Gasteiger partial charge in [-0.25, -0.2) is 4.68 Å². The maximum atomic E-state index is 12.2. The molecule has 1 heterocycles. The van der Waals surface area contributed by atoms with Gasteiger partial charge in [0.05, 0.1) is 5.39 Å². The molecule has 0 saturated carbocycles. The van der Waals surface area contributed by atoms with Gasteiger partial charge in [-0.15, -0.1) is 5.10 Å². The van der Waals surface area contributed by atoms with Crippen molar-refractivity contribution in [2.45, 2.75) is 32.2 Å². The minimum atomic E-state index is -1.13. The van der Waals surface area contributed by atoms with Gasteiger partial charge < -0.3 is 15.2 Å². The van der Waals surface area contributed by atoms with Crippen molar-refractivity contribution in [2.24, 2.45) is 0 Å². The summed E-state index contributed by atoms with van der Waals surface area (Å²) in [6.07, 6.45) is 0.928. The van der Waals surface area contributed by atoms with Crippen molar-refractivity contribution in [1.82, 2.24) is 20.3 Å². The number of aliphatic carboxylic acids is 1. The molecule has 0 aliphatic carbocycles. The highest BCUT2D eigenvalue weighted by Crippen LogP contribution is 2.03. The summed E-state index contributed by atoms with van der Waals surface area (Å²) in [5.41, 5.74) is 0.310. The van der Waals surface area contributed by atoms with Gasteiger partial charge in [0, 0.05) is 25.5 Å². The number of hydrogen-bond acceptors (Lipinski definition) is 6. The van der Waals surface area contributed by atoms with Crippen molar-refractivity contribution < 1.29 is 14.7 Å². The molecular formula is C15H17N4O4-. The Hall–Kier alpha value is -2.77. The third kappa shape index (κ3) is 4.87. The number of carboxylic acids is 1. The number of amides is 1. The lowest BCUT2D eigenvalue weighted by molar-refractivity contribution is -0.305.